The zero-order valence-electron chi connectivity index (χ0n) is 8.97. The maximum absolute atomic E-state index is 11.7. The molecule has 0 fully saturated rings. The van der Waals surface area contributed by atoms with Crippen molar-refractivity contribution in [2.45, 2.75) is 0 Å². The fourth-order valence-corrected chi connectivity index (χ4v) is 6.00. The van der Waals surface area contributed by atoms with E-state index in [-0.39, 0.29) is 0 Å². The molecule has 2 aromatic rings. The summed E-state index contributed by atoms with van der Waals surface area (Å²) in [4.78, 5) is 19.0. The number of hydrogen-bond acceptors (Lipinski definition) is 1. The minimum absolute atomic E-state index is 0.696. The maximum atomic E-state index is 11.7. The van der Waals surface area contributed by atoms with Crippen molar-refractivity contribution in [3.05, 3.63) is 60.7 Å². The van der Waals surface area contributed by atoms with Crippen LogP contribution in [-0.4, -0.2) is 9.79 Å². The van der Waals surface area contributed by atoms with Crippen LogP contribution in [0.1, 0.15) is 0 Å². The summed E-state index contributed by atoms with van der Waals surface area (Å²) in [5.74, 6) is 0. The summed E-state index contributed by atoms with van der Waals surface area (Å²) in [5, 5.41) is 1.39. The summed E-state index contributed by atoms with van der Waals surface area (Å²) >= 11 is 0. The first-order valence-electron chi connectivity index (χ1n) is 5.05. The average molecular weight is 266 g/mol. The van der Waals surface area contributed by atoms with Crippen LogP contribution in [0.5, 0.6) is 0 Å². The summed E-state index contributed by atoms with van der Waals surface area (Å²) in [6, 6.07) is 17.9. The summed E-state index contributed by atoms with van der Waals surface area (Å²) < 4.78 is 11.7. The number of hydrogen-bond donors (Lipinski definition) is 2. The van der Waals surface area contributed by atoms with Gasteiger partial charge in [0, 0.05) is 0 Å². The van der Waals surface area contributed by atoms with Gasteiger partial charge in [-0.2, -0.15) is 0 Å². The Bertz CT molecular complexity index is 482. The highest BCUT2D eigenvalue weighted by Gasteiger charge is 2.31. The molecule has 17 heavy (non-hydrogen) atoms. The van der Waals surface area contributed by atoms with Gasteiger partial charge in [0.05, 0.1) is 7.61 Å². The topological polar surface area (TPSA) is 57.5 Å². The van der Waals surface area contributed by atoms with Crippen LogP contribution in [0, 0.1) is 0 Å². The highest BCUT2D eigenvalue weighted by molar-refractivity contribution is 8.34. The Labute approximate surface area is 101 Å². The summed E-state index contributed by atoms with van der Waals surface area (Å²) in [5.41, 5.74) is 0. The molecule has 0 bridgehead atoms. The Kier molecular flexibility index (Phi) is 3.76. The summed E-state index contributed by atoms with van der Waals surface area (Å²) in [6.45, 7) is 0. The van der Waals surface area contributed by atoms with E-state index in [0.717, 1.165) is 0 Å². The highest BCUT2D eigenvalue weighted by atomic mass is 32.1. The molecule has 0 atom stereocenters. The van der Waals surface area contributed by atoms with Crippen molar-refractivity contribution in [2.75, 3.05) is 0 Å². The van der Waals surface area contributed by atoms with E-state index in [1.54, 1.807) is 48.5 Å². The van der Waals surface area contributed by atoms with Gasteiger partial charge in [-0.15, -0.1) is 0 Å². The summed E-state index contributed by atoms with van der Waals surface area (Å²) in [6.07, 6.45) is 0. The lowest BCUT2D eigenvalue weighted by atomic mass is 10.4. The molecule has 0 aromatic heterocycles. The van der Waals surface area contributed by atoms with Crippen molar-refractivity contribution in [3.63, 3.8) is 0 Å². The summed E-state index contributed by atoms with van der Waals surface area (Å²) in [7, 11) is -5.78. The highest BCUT2D eigenvalue weighted by Crippen LogP contribution is 2.68. The van der Waals surface area contributed by atoms with E-state index in [0.29, 0.717) is 10.6 Å². The quantitative estimate of drug-likeness (QED) is 0.837. The third-order valence-corrected chi connectivity index (χ3v) is 7.31. The van der Waals surface area contributed by atoms with Crippen LogP contribution in [0.15, 0.2) is 60.7 Å². The van der Waals surface area contributed by atoms with Crippen molar-refractivity contribution in [1.29, 1.82) is 0 Å². The van der Waals surface area contributed by atoms with E-state index in [1.807, 2.05) is 12.1 Å². The van der Waals surface area contributed by atoms with Crippen molar-refractivity contribution >= 4 is 25.5 Å². The minimum atomic E-state index is -4.15. The van der Waals surface area contributed by atoms with E-state index >= 15 is 0 Å². The van der Waals surface area contributed by atoms with E-state index in [9.17, 15) is 14.4 Å². The molecule has 2 N–H and O–H groups in total. The zero-order valence-corrected chi connectivity index (χ0v) is 10.8. The van der Waals surface area contributed by atoms with Gasteiger partial charge < -0.3 is 9.79 Å². The number of benzene rings is 2. The Hall–Kier alpha value is -0.980. The van der Waals surface area contributed by atoms with Gasteiger partial charge in [-0.1, -0.05) is 60.7 Å². The van der Waals surface area contributed by atoms with Crippen molar-refractivity contribution in [2.24, 2.45) is 0 Å². The van der Waals surface area contributed by atoms with Crippen LogP contribution in [0.3, 0.4) is 0 Å². The van der Waals surface area contributed by atoms with Crippen LogP contribution in [-0.2, 0) is 4.57 Å². The third kappa shape index (κ3) is 3.02. The lowest BCUT2D eigenvalue weighted by Crippen LogP contribution is -2.11. The van der Waals surface area contributed by atoms with Crippen molar-refractivity contribution < 1.29 is 14.4 Å². The SMILES string of the molecule is O=P(O)(O)P(c1ccccc1)c1ccccc1. The standard InChI is InChI=1S/C12H12O3P2/c13-17(14,15)16(11-7-3-1-4-8-11)12-9-5-2-6-10-12/h1-10H,(H2,13,14,15). The molecule has 88 valence electrons. The normalized spacial score (nSPS) is 11.7. The zero-order chi connectivity index (χ0) is 12.3. The lowest BCUT2D eigenvalue weighted by Gasteiger charge is -2.19. The molecular formula is C12H12O3P2. The van der Waals surface area contributed by atoms with Crippen molar-refractivity contribution in [3.8, 4) is 0 Å². The molecule has 3 nitrogen and oxygen atoms in total. The first kappa shape index (κ1) is 12.5. The molecule has 0 aliphatic carbocycles. The van der Waals surface area contributed by atoms with Crippen LogP contribution >= 0.6 is 14.9 Å². The second kappa shape index (κ2) is 5.12. The fraction of sp³-hybridized carbons (Fsp3) is 0. The molecule has 5 heteroatoms. The Morgan fingerprint density at radius 3 is 1.41 bits per heavy atom. The van der Waals surface area contributed by atoms with Gasteiger partial charge >= 0.3 is 7.28 Å². The lowest BCUT2D eigenvalue weighted by molar-refractivity contribution is 0.396. The molecular weight excluding hydrogens is 254 g/mol. The van der Waals surface area contributed by atoms with Crippen LogP contribution < -0.4 is 10.6 Å². The van der Waals surface area contributed by atoms with Crippen LogP contribution in [0.4, 0.5) is 0 Å². The van der Waals surface area contributed by atoms with E-state index in [1.165, 1.54) is 0 Å². The van der Waals surface area contributed by atoms with E-state index < -0.39 is 14.9 Å². The largest absolute Gasteiger partial charge is 0.353 e. The van der Waals surface area contributed by atoms with Gasteiger partial charge in [-0.3, -0.25) is 4.57 Å². The average Bonchev–Trinajstić information content (AvgIpc) is 2.30. The van der Waals surface area contributed by atoms with Gasteiger partial charge in [0.2, 0.25) is 0 Å². The van der Waals surface area contributed by atoms with Gasteiger partial charge in [-0.05, 0) is 10.6 Å². The molecule has 2 aromatic carbocycles. The predicted octanol–water partition coefficient (Wildman–Crippen LogP) is 2.21. The van der Waals surface area contributed by atoms with Crippen LogP contribution in [0.2, 0.25) is 0 Å². The second-order valence-corrected chi connectivity index (χ2v) is 8.94. The third-order valence-electron chi connectivity index (χ3n) is 2.26. The van der Waals surface area contributed by atoms with Gasteiger partial charge in [0.1, 0.15) is 0 Å². The molecule has 0 saturated carbocycles. The van der Waals surface area contributed by atoms with Gasteiger partial charge in [0.25, 0.3) is 0 Å². The monoisotopic (exact) mass is 266 g/mol. The van der Waals surface area contributed by atoms with Gasteiger partial charge in [0.15, 0.2) is 0 Å². The van der Waals surface area contributed by atoms with E-state index in [4.69, 9.17) is 0 Å². The predicted molar refractivity (Wildman–Crippen MR) is 71.1 cm³/mol. The molecule has 0 aliphatic heterocycles. The smallest absolute Gasteiger partial charge is 0.321 e. The number of rotatable bonds is 3. The van der Waals surface area contributed by atoms with E-state index in [2.05, 4.69) is 0 Å². The molecule has 0 saturated heterocycles. The molecule has 0 spiro atoms. The van der Waals surface area contributed by atoms with Crippen molar-refractivity contribution in [1.82, 2.24) is 0 Å². The molecule has 0 unspecified atom stereocenters. The molecule has 2 rings (SSSR count). The van der Waals surface area contributed by atoms with Crippen LogP contribution in [0.25, 0.3) is 0 Å². The molecule has 0 radical (unpaired) electrons. The Morgan fingerprint density at radius 2 is 1.12 bits per heavy atom. The minimum Gasteiger partial charge on any atom is -0.321 e. The molecule has 0 aliphatic rings. The second-order valence-electron chi connectivity index (χ2n) is 3.50. The Balaban J connectivity index is 2.52. The Morgan fingerprint density at radius 1 is 0.765 bits per heavy atom. The maximum Gasteiger partial charge on any atom is 0.353 e. The van der Waals surface area contributed by atoms with Gasteiger partial charge in [-0.25, -0.2) is 0 Å². The fourth-order valence-electron chi connectivity index (χ4n) is 1.59. The first-order chi connectivity index (χ1) is 8.09. The first-order valence-corrected chi connectivity index (χ1v) is 8.71. The molecule has 0 amide bonds. The molecule has 0 heterocycles.